The fourth-order valence-electron chi connectivity index (χ4n) is 2.78. The number of nitrogens with zero attached hydrogens (tertiary/aromatic N) is 3. The summed E-state index contributed by atoms with van der Waals surface area (Å²) < 4.78 is 5.46. The monoisotopic (exact) mass is 332 g/mol. The van der Waals surface area contributed by atoms with Crippen LogP contribution in [0.25, 0.3) is 0 Å². The van der Waals surface area contributed by atoms with Crippen molar-refractivity contribution in [2.45, 2.75) is 25.8 Å². The first-order valence-electron chi connectivity index (χ1n) is 7.87. The minimum absolute atomic E-state index is 0.313. The van der Waals surface area contributed by atoms with E-state index in [-0.39, 0.29) is 0 Å². The molecule has 0 amide bonds. The van der Waals surface area contributed by atoms with E-state index in [1.54, 1.807) is 0 Å². The van der Waals surface area contributed by atoms with Crippen LogP contribution in [0.2, 0.25) is 5.02 Å². The SMILES string of the molecule is CCN(Cc1ccc(Cl)cc1)c1cc([C@@H]2CCOC2)nc(N)n1. The first-order chi connectivity index (χ1) is 11.2. The number of anilines is 2. The number of hydrogen-bond donors (Lipinski definition) is 1. The van der Waals surface area contributed by atoms with Gasteiger partial charge in [0, 0.05) is 36.7 Å². The van der Waals surface area contributed by atoms with Crippen LogP contribution >= 0.6 is 11.6 Å². The Kier molecular flexibility index (Phi) is 4.98. The van der Waals surface area contributed by atoms with Crippen LogP contribution in [0.3, 0.4) is 0 Å². The third-order valence-electron chi connectivity index (χ3n) is 4.09. The van der Waals surface area contributed by atoms with Gasteiger partial charge in [-0.1, -0.05) is 23.7 Å². The molecule has 23 heavy (non-hydrogen) atoms. The van der Waals surface area contributed by atoms with E-state index in [1.807, 2.05) is 30.3 Å². The van der Waals surface area contributed by atoms with E-state index in [9.17, 15) is 0 Å². The third-order valence-corrected chi connectivity index (χ3v) is 4.34. The second-order valence-corrected chi connectivity index (χ2v) is 6.15. The van der Waals surface area contributed by atoms with Crippen LogP contribution in [-0.4, -0.2) is 29.7 Å². The molecular weight excluding hydrogens is 312 g/mol. The fourth-order valence-corrected chi connectivity index (χ4v) is 2.90. The Morgan fingerprint density at radius 1 is 1.30 bits per heavy atom. The molecule has 1 fully saturated rings. The summed E-state index contributed by atoms with van der Waals surface area (Å²) in [7, 11) is 0. The Hall–Kier alpha value is -1.85. The average Bonchev–Trinajstić information content (AvgIpc) is 3.08. The van der Waals surface area contributed by atoms with Crippen LogP contribution in [0.4, 0.5) is 11.8 Å². The lowest BCUT2D eigenvalue weighted by Crippen LogP contribution is -2.24. The number of ether oxygens (including phenoxy) is 1. The van der Waals surface area contributed by atoms with Crippen molar-refractivity contribution in [2.24, 2.45) is 0 Å². The van der Waals surface area contributed by atoms with E-state index in [2.05, 4.69) is 21.8 Å². The smallest absolute Gasteiger partial charge is 0.222 e. The summed E-state index contributed by atoms with van der Waals surface area (Å²) in [4.78, 5) is 11.0. The minimum Gasteiger partial charge on any atom is -0.381 e. The minimum atomic E-state index is 0.313. The second-order valence-electron chi connectivity index (χ2n) is 5.71. The Labute approximate surface area is 141 Å². The molecule has 1 aliphatic rings. The molecule has 1 aliphatic heterocycles. The Morgan fingerprint density at radius 2 is 2.09 bits per heavy atom. The summed E-state index contributed by atoms with van der Waals surface area (Å²) in [6.45, 7) is 5.18. The van der Waals surface area contributed by atoms with Crippen LogP contribution in [0, 0.1) is 0 Å². The van der Waals surface area contributed by atoms with Crippen LogP contribution in [-0.2, 0) is 11.3 Å². The van der Waals surface area contributed by atoms with E-state index >= 15 is 0 Å². The largest absolute Gasteiger partial charge is 0.381 e. The van der Waals surface area contributed by atoms with Gasteiger partial charge in [0.05, 0.1) is 12.3 Å². The van der Waals surface area contributed by atoms with Crippen molar-refractivity contribution in [1.82, 2.24) is 9.97 Å². The number of nitrogen functional groups attached to an aromatic ring is 1. The standard InChI is InChI=1S/C17H21ClN4O/c1-2-22(10-12-3-5-14(18)6-4-12)16-9-15(20-17(19)21-16)13-7-8-23-11-13/h3-6,9,13H,2,7-8,10-11H2,1H3,(H2,19,20,21)/t13-/m1/s1. The second kappa shape index (κ2) is 7.15. The maximum atomic E-state index is 5.95. The molecule has 0 aliphatic carbocycles. The van der Waals surface area contributed by atoms with Crippen molar-refractivity contribution in [3.8, 4) is 0 Å². The molecule has 1 atom stereocenters. The molecule has 6 heteroatoms. The maximum Gasteiger partial charge on any atom is 0.222 e. The molecule has 0 unspecified atom stereocenters. The van der Waals surface area contributed by atoms with Gasteiger partial charge in [-0.25, -0.2) is 4.98 Å². The summed E-state index contributed by atoms with van der Waals surface area (Å²) in [5.41, 5.74) is 8.08. The lowest BCUT2D eigenvalue weighted by molar-refractivity contribution is 0.193. The van der Waals surface area contributed by atoms with E-state index in [0.717, 1.165) is 42.7 Å². The van der Waals surface area contributed by atoms with Gasteiger partial charge in [0.25, 0.3) is 0 Å². The fraction of sp³-hybridized carbons (Fsp3) is 0.412. The highest BCUT2D eigenvalue weighted by atomic mass is 35.5. The molecule has 2 aromatic rings. The molecule has 2 N–H and O–H groups in total. The Bertz CT molecular complexity index is 656. The number of nitrogens with two attached hydrogens (primary N) is 1. The molecule has 1 aromatic carbocycles. The zero-order chi connectivity index (χ0) is 16.2. The average molecular weight is 333 g/mol. The van der Waals surface area contributed by atoms with Crippen LogP contribution in [0.15, 0.2) is 30.3 Å². The van der Waals surface area contributed by atoms with Crippen molar-refractivity contribution in [3.05, 3.63) is 46.6 Å². The van der Waals surface area contributed by atoms with Gasteiger partial charge in [-0.05, 0) is 31.0 Å². The summed E-state index contributed by atoms with van der Waals surface area (Å²) in [6, 6.07) is 9.90. The highest BCUT2D eigenvalue weighted by Crippen LogP contribution is 2.27. The van der Waals surface area contributed by atoms with Crippen molar-refractivity contribution in [2.75, 3.05) is 30.4 Å². The molecule has 122 valence electrons. The molecule has 2 heterocycles. The number of rotatable bonds is 5. The molecule has 1 saturated heterocycles. The van der Waals surface area contributed by atoms with Crippen LogP contribution in [0.5, 0.6) is 0 Å². The zero-order valence-electron chi connectivity index (χ0n) is 13.2. The molecule has 0 bridgehead atoms. The van der Waals surface area contributed by atoms with Gasteiger partial charge >= 0.3 is 0 Å². The van der Waals surface area contributed by atoms with Gasteiger partial charge in [0.15, 0.2) is 0 Å². The molecular formula is C17H21ClN4O. The van der Waals surface area contributed by atoms with Crippen LogP contribution < -0.4 is 10.6 Å². The maximum absolute atomic E-state index is 5.95. The van der Waals surface area contributed by atoms with Crippen molar-refractivity contribution in [1.29, 1.82) is 0 Å². The van der Waals surface area contributed by atoms with E-state index in [1.165, 1.54) is 5.56 Å². The molecule has 0 saturated carbocycles. The first-order valence-corrected chi connectivity index (χ1v) is 8.25. The van der Waals surface area contributed by atoms with Gasteiger partial charge in [0.2, 0.25) is 5.95 Å². The van der Waals surface area contributed by atoms with Crippen LogP contribution in [0.1, 0.15) is 30.5 Å². The lowest BCUT2D eigenvalue weighted by atomic mass is 10.0. The van der Waals surface area contributed by atoms with E-state index < -0.39 is 0 Å². The first kappa shape index (κ1) is 16.0. The predicted molar refractivity (Wildman–Crippen MR) is 92.8 cm³/mol. The number of aromatic nitrogens is 2. The van der Waals surface area contributed by atoms with Gasteiger partial charge in [-0.15, -0.1) is 0 Å². The third kappa shape index (κ3) is 3.92. The van der Waals surface area contributed by atoms with Crippen molar-refractivity contribution >= 4 is 23.4 Å². The number of benzene rings is 1. The lowest BCUT2D eigenvalue weighted by Gasteiger charge is -2.23. The van der Waals surface area contributed by atoms with Gasteiger partial charge in [-0.2, -0.15) is 4.98 Å². The highest BCUT2D eigenvalue weighted by molar-refractivity contribution is 6.30. The predicted octanol–water partition coefficient (Wildman–Crippen LogP) is 3.24. The normalized spacial score (nSPS) is 17.4. The van der Waals surface area contributed by atoms with Gasteiger partial charge in [-0.3, -0.25) is 0 Å². The van der Waals surface area contributed by atoms with Crippen molar-refractivity contribution in [3.63, 3.8) is 0 Å². The molecule has 0 spiro atoms. The highest BCUT2D eigenvalue weighted by Gasteiger charge is 2.21. The van der Waals surface area contributed by atoms with Gasteiger partial charge < -0.3 is 15.4 Å². The molecule has 3 rings (SSSR count). The number of halogens is 1. The van der Waals surface area contributed by atoms with Crippen molar-refractivity contribution < 1.29 is 4.74 Å². The summed E-state index contributed by atoms with van der Waals surface area (Å²) in [5.74, 6) is 1.49. The summed E-state index contributed by atoms with van der Waals surface area (Å²) in [5, 5.41) is 0.742. The Morgan fingerprint density at radius 3 is 2.74 bits per heavy atom. The quantitative estimate of drug-likeness (QED) is 0.910. The number of hydrogen-bond acceptors (Lipinski definition) is 5. The summed E-state index contributed by atoms with van der Waals surface area (Å²) in [6.07, 6.45) is 0.985. The molecule has 0 radical (unpaired) electrons. The van der Waals surface area contributed by atoms with Gasteiger partial charge in [0.1, 0.15) is 5.82 Å². The molecule has 1 aromatic heterocycles. The Balaban J connectivity index is 1.83. The molecule has 5 nitrogen and oxygen atoms in total. The topological polar surface area (TPSA) is 64.3 Å². The zero-order valence-corrected chi connectivity index (χ0v) is 14.0. The van der Waals surface area contributed by atoms with E-state index in [0.29, 0.717) is 18.5 Å². The summed E-state index contributed by atoms with van der Waals surface area (Å²) >= 11 is 5.95. The van der Waals surface area contributed by atoms with E-state index in [4.69, 9.17) is 22.1 Å².